The highest BCUT2D eigenvalue weighted by Gasteiger charge is 2.23. The molecule has 0 aliphatic rings. The second-order valence-electron chi connectivity index (χ2n) is 8.74. The van der Waals surface area contributed by atoms with Gasteiger partial charge < -0.3 is 4.42 Å². The molecule has 0 saturated heterocycles. The minimum atomic E-state index is -1.06. The van der Waals surface area contributed by atoms with Gasteiger partial charge in [-0.05, 0) is 35.2 Å². The first kappa shape index (κ1) is 18.6. The Morgan fingerprint density at radius 3 is 2.28 bits per heavy atom. The van der Waals surface area contributed by atoms with Crippen molar-refractivity contribution in [2.45, 2.75) is 6.92 Å². The summed E-state index contributed by atoms with van der Waals surface area (Å²) in [4.78, 5) is 0. The van der Waals surface area contributed by atoms with Gasteiger partial charge in [0.25, 0.3) is 0 Å². The summed E-state index contributed by atoms with van der Waals surface area (Å²) < 4.78 is 46.9. The van der Waals surface area contributed by atoms with E-state index in [1.807, 2.05) is 85.8 Å². The van der Waals surface area contributed by atoms with Gasteiger partial charge in [0.15, 0.2) is 11.8 Å². The van der Waals surface area contributed by atoms with Gasteiger partial charge in [0.2, 0.25) is 5.69 Å². The zero-order chi connectivity index (χ0) is 27.4. The fourth-order valence-corrected chi connectivity index (χ4v) is 4.76. The monoisotopic (exact) mass is 472 g/mol. The zero-order valence-corrected chi connectivity index (χ0v) is 19.7. The van der Waals surface area contributed by atoms with Gasteiger partial charge in [-0.3, -0.25) is 0 Å². The Morgan fingerprint density at radius 2 is 1.53 bits per heavy atom. The quantitative estimate of drug-likeness (QED) is 0.247. The minimum absolute atomic E-state index is 0.144. The molecule has 0 bridgehead atoms. The van der Waals surface area contributed by atoms with E-state index in [0.29, 0.717) is 22.3 Å². The van der Waals surface area contributed by atoms with E-state index in [-0.39, 0.29) is 11.9 Å². The van der Waals surface area contributed by atoms with E-state index in [1.165, 1.54) is 11.6 Å². The summed E-state index contributed by atoms with van der Waals surface area (Å²) in [7, 11) is 1.53. The molecule has 0 N–H and O–H groups in total. The Labute approximate surface area is 212 Å². The number of nitrogens with zero attached hydrogens (tertiary/aromatic N) is 2. The number of fused-ring (bicyclic) bond motifs is 3. The molecule has 0 radical (unpaired) electrons. The van der Waals surface area contributed by atoms with Gasteiger partial charge in [0.1, 0.15) is 31.5 Å². The van der Waals surface area contributed by atoms with Crippen molar-refractivity contribution in [2.24, 2.45) is 7.05 Å². The average Bonchev–Trinajstić information content (AvgIpc) is 3.35. The molecule has 172 valence electrons. The molecule has 0 unspecified atom stereocenters. The van der Waals surface area contributed by atoms with Crippen LogP contribution in [0.25, 0.3) is 55.4 Å². The number of benzene rings is 4. The molecule has 3 nitrogen and oxygen atoms in total. The molecule has 0 atom stereocenters. The standard InChI is InChI=1S/C32H22FN2O/c1-20-8-13-27-26-15-14-25(23-11-9-22(10-12-23)21-6-4-3-5-7-21)28(19-34)31(26)36-32(27)30(20)29-18-24(33)16-17-35(29)2/h3-18H,1-2H3/q+1/i16D,17D,18D. The van der Waals surface area contributed by atoms with E-state index in [9.17, 15) is 9.65 Å². The lowest BCUT2D eigenvalue weighted by molar-refractivity contribution is -0.660. The van der Waals surface area contributed by atoms with Crippen LogP contribution in [-0.2, 0) is 7.05 Å². The van der Waals surface area contributed by atoms with E-state index in [4.69, 9.17) is 8.53 Å². The van der Waals surface area contributed by atoms with Crippen LogP contribution in [-0.4, -0.2) is 0 Å². The summed E-state index contributed by atoms with van der Waals surface area (Å²) in [6.45, 7) is 1.82. The van der Waals surface area contributed by atoms with Gasteiger partial charge in [0.05, 0.1) is 8.30 Å². The molecule has 6 rings (SSSR count). The molecule has 0 fully saturated rings. The van der Waals surface area contributed by atoms with Crippen LogP contribution in [0.15, 0.2) is 102 Å². The third-order valence-corrected chi connectivity index (χ3v) is 6.57. The lowest BCUT2D eigenvalue weighted by atomic mass is 9.95. The molecule has 0 amide bonds. The second-order valence-corrected chi connectivity index (χ2v) is 8.74. The van der Waals surface area contributed by atoms with Crippen molar-refractivity contribution in [1.82, 2.24) is 0 Å². The fourth-order valence-electron chi connectivity index (χ4n) is 4.76. The Kier molecular flexibility index (Phi) is 4.37. The summed E-state index contributed by atoms with van der Waals surface area (Å²) >= 11 is 0. The molecule has 2 heterocycles. The third kappa shape index (κ3) is 3.45. The van der Waals surface area contributed by atoms with E-state index < -0.39 is 17.9 Å². The molecular weight excluding hydrogens is 447 g/mol. The highest BCUT2D eigenvalue weighted by molar-refractivity contribution is 6.12. The first-order valence-corrected chi connectivity index (χ1v) is 11.5. The third-order valence-electron chi connectivity index (χ3n) is 6.57. The van der Waals surface area contributed by atoms with Gasteiger partial charge >= 0.3 is 0 Å². The van der Waals surface area contributed by atoms with Gasteiger partial charge in [0, 0.05) is 28.4 Å². The Morgan fingerprint density at radius 1 is 0.861 bits per heavy atom. The van der Waals surface area contributed by atoms with Gasteiger partial charge in [-0.15, -0.1) is 0 Å². The molecular formula is C32H22FN2O+. The number of hydrogen-bond acceptors (Lipinski definition) is 2. The summed E-state index contributed by atoms with van der Waals surface area (Å²) in [5, 5.41) is 11.7. The van der Waals surface area contributed by atoms with Crippen LogP contribution in [0.2, 0.25) is 0 Å². The van der Waals surface area contributed by atoms with Crippen LogP contribution in [0.1, 0.15) is 15.2 Å². The van der Waals surface area contributed by atoms with Crippen molar-refractivity contribution in [1.29, 1.82) is 5.26 Å². The number of aromatic nitrogens is 1. The van der Waals surface area contributed by atoms with Gasteiger partial charge in [-0.25, -0.2) is 8.96 Å². The smallest absolute Gasteiger partial charge is 0.219 e. The molecule has 36 heavy (non-hydrogen) atoms. The van der Waals surface area contributed by atoms with Crippen LogP contribution in [0, 0.1) is 24.1 Å². The van der Waals surface area contributed by atoms with E-state index in [2.05, 4.69) is 6.07 Å². The second kappa shape index (κ2) is 8.48. The molecule has 0 spiro atoms. The summed E-state index contributed by atoms with van der Waals surface area (Å²) in [6.07, 6.45) is -0.343. The van der Waals surface area contributed by atoms with Crippen LogP contribution >= 0.6 is 0 Å². The van der Waals surface area contributed by atoms with Crippen LogP contribution in [0.3, 0.4) is 0 Å². The number of hydrogen-bond donors (Lipinski definition) is 0. The molecule has 0 aliphatic carbocycles. The van der Waals surface area contributed by atoms with Crippen molar-refractivity contribution in [2.75, 3.05) is 0 Å². The number of furan rings is 1. The molecule has 0 saturated carbocycles. The highest BCUT2D eigenvalue weighted by Crippen LogP contribution is 2.40. The van der Waals surface area contributed by atoms with E-state index in [0.717, 1.165) is 38.6 Å². The zero-order valence-electron chi connectivity index (χ0n) is 22.7. The fraction of sp³-hybridized carbons (Fsp3) is 0.0625. The number of rotatable bonds is 3. The van der Waals surface area contributed by atoms with Crippen molar-refractivity contribution < 1.29 is 17.5 Å². The van der Waals surface area contributed by atoms with Crippen molar-refractivity contribution in [3.63, 3.8) is 0 Å². The molecule has 6 aromatic rings. The van der Waals surface area contributed by atoms with Crippen LogP contribution in [0.5, 0.6) is 0 Å². The van der Waals surface area contributed by atoms with Gasteiger partial charge in [-0.2, -0.15) is 5.26 Å². The largest absolute Gasteiger partial charge is 0.454 e. The highest BCUT2D eigenvalue weighted by atomic mass is 19.1. The maximum atomic E-state index is 14.8. The topological polar surface area (TPSA) is 40.8 Å². The van der Waals surface area contributed by atoms with Crippen molar-refractivity contribution in [3.05, 3.63) is 114 Å². The first-order chi connectivity index (χ1) is 18.8. The van der Waals surface area contributed by atoms with Crippen LogP contribution in [0.4, 0.5) is 4.39 Å². The van der Waals surface area contributed by atoms with Crippen LogP contribution < -0.4 is 4.57 Å². The normalized spacial score (nSPS) is 12.3. The first-order valence-electron chi connectivity index (χ1n) is 13.0. The predicted molar refractivity (Wildman–Crippen MR) is 141 cm³/mol. The number of halogens is 1. The summed E-state index contributed by atoms with van der Waals surface area (Å²) in [5.74, 6) is -1.06. The average molecular weight is 473 g/mol. The minimum Gasteiger partial charge on any atom is -0.454 e. The molecule has 4 heteroatoms. The maximum Gasteiger partial charge on any atom is 0.219 e. The van der Waals surface area contributed by atoms with Crippen molar-refractivity contribution >= 4 is 21.9 Å². The number of nitriles is 1. The number of pyridine rings is 1. The number of aryl methyl sites for hydroxylation is 1. The Bertz CT molecular complexity index is 1950. The molecule has 4 aromatic carbocycles. The molecule has 2 aromatic heterocycles. The Balaban J connectivity index is 1.58. The van der Waals surface area contributed by atoms with Gasteiger partial charge in [-0.1, -0.05) is 72.8 Å². The lowest BCUT2D eigenvalue weighted by Gasteiger charge is -2.07. The summed E-state index contributed by atoms with van der Waals surface area (Å²) in [6, 6.07) is 26.8. The van der Waals surface area contributed by atoms with E-state index in [1.54, 1.807) is 0 Å². The summed E-state index contributed by atoms with van der Waals surface area (Å²) in [5.41, 5.74) is 6.28. The molecule has 0 aliphatic heterocycles. The SMILES string of the molecule is [2H]c1c(F)c([2H])c(-c2c(C)ccc3c2oc2c(C#N)c(-c4ccc(-c5ccccc5)cc4)ccc23)[n+](C)c1[2H]. The predicted octanol–water partition coefficient (Wildman–Crippen LogP) is 7.73. The lowest BCUT2D eigenvalue weighted by Crippen LogP contribution is -2.30. The van der Waals surface area contributed by atoms with E-state index >= 15 is 0 Å². The maximum absolute atomic E-state index is 14.8. The van der Waals surface area contributed by atoms with Crippen molar-refractivity contribution in [3.8, 4) is 39.6 Å². The Hall–Kier alpha value is -4.75.